The summed E-state index contributed by atoms with van der Waals surface area (Å²) in [5, 5.41) is 2.69. The van der Waals surface area contributed by atoms with E-state index in [9.17, 15) is 18.0 Å². The number of hydrogen-bond acceptors (Lipinski definition) is 3. The van der Waals surface area contributed by atoms with Gasteiger partial charge < -0.3 is 10.1 Å². The van der Waals surface area contributed by atoms with Gasteiger partial charge in [0.15, 0.2) is 5.60 Å². The van der Waals surface area contributed by atoms with Crippen molar-refractivity contribution >= 4 is 11.6 Å². The van der Waals surface area contributed by atoms with Crippen LogP contribution in [0.15, 0.2) is 24.3 Å². The van der Waals surface area contributed by atoms with E-state index in [1.54, 1.807) is 18.2 Å². The number of halogens is 3. The molecule has 1 unspecified atom stereocenters. The molecule has 1 fully saturated rings. The normalized spacial score (nSPS) is 22.8. The van der Waals surface area contributed by atoms with E-state index < -0.39 is 11.8 Å². The first kappa shape index (κ1) is 16.8. The van der Waals surface area contributed by atoms with Crippen LogP contribution in [0.1, 0.15) is 12.0 Å². The van der Waals surface area contributed by atoms with Crippen molar-refractivity contribution in [2.24, 2.45) is 0 Å². The standard InChI is InChI=1S/C15H19F3N2O2/c1-11-4-3-5-12(8-11)19-13(21)9-20-7-6-14(10-20,22-2)15(16,17)18/h3-5,8H,6-7,9-10H2,1-2H3,(H,19,21). The number of benzene rings is 1. The fourth-order valence-corrected chi connectivity index (χ4v) is 2.63. The first-order valence-electron chi connectivity index (χ1n) is 6.96. The molecule has 1 saturated heterocycles. The van der Waals surface area contributed by atoms with Crippen LogP contribution in [0, 0.1) is 6.92 Å². The van der Waals surface area contributed by atoms with Crippen molar-refractivity contribution in [1.29, 1.82) is 0 Å². The van der Waals surface area contributed by atoms with Crippen LogP contribution >= 0.6 is 0 Å². The number of carbonyl (C=O) groups is 1. The fraction of sp³-hybridized carbons (Fsp3) is 0.533. The van der Waals surface area contributed by atoms with Gasteiger partial charge in [-0.2, -0.15) is 13.2 Å². The van der Waals surface area contributed by atoms with Gasteiger partial charge in [0.1, 0.15) is 0 Å². The molecule has 1 aromatic rings. The molecule has 1 aromatic carbocycles. The molecule has 0 aliphatic carbocycles. The molecule has 0 radical (unpaired) electrons. The summed E-state index contributed by atoms with van der Waals surface area (Å²) in [6, 6.07) is 7.24. The van der Waals surface area contributed by atoms with Gasteiger partial charge in [-0.1, -0.05) is 12.1 Å². The number of methoxy groups -OCH3 is 1. The fourth-order valence-electron chi connectivity index (χ4n) is 2.63. The maximum atomic E-state index is 13.1. The Balaban J connectivity index is 1.94. The first-order valence-corrected chi connectivity index (χ1v) is 6.96. The summed E-state index contributed by atoms with van der Waals surface area (Å²) in [4.78, 5) is 13.4. The van der Waals surface area contributed by atoms with Crippen molar-refractivity contribution in [3.8, 4) is 0 Å². The van der Waals surface area contributed by atoms with E-state index in [-0.39, 0.29) is 32.0 Å². The van der Waals surface area contributed by atoms with Gasteiger partial charge in [0.2, 0.25) is 5.91 Å². The van der Waals surface area contributed by atoms with Gasteiger partial charge in [0.05, 0.1) is 6.54 Å². The molecule has 122 valence electrons. The van der Waals surface area contributed by atoms with Crippen LogP contribution < -0.4 is 5.32 Å². The zero-order valence-corrected chi connectivity index (χ0v) is 12.5. The van der Waals surface area contributed by atoms with Crippen LogP contribution in [0.4, 0.5) is 18.9 Å². The lowest BCUT2D eigenvalue weighted by atomic mass is 10.0. The minimum absolute atomic E-state index is 0.0882. The summed E-state index contributed by atoms with van der Waals surface area (Å²) >= 11 is 0. The topological polar surface area (TPSA) is 41.6 Å². The van der Waals surface area contributed by atoms with Crippen LogP contribution in [0.3, 0.4) is 0 Å². The lowest BCUT2D eigenvalue weighted by Crippen LogP contribution is -2.49. The molecule has 1 heterocycles. The van der Waals surface area contributed by atoms with E-state index in [1.807, 2.05) is 13.0 Å². The van der Waals surface area contributed by atoms with Crippen molar-refractivity contribution in [2.75, 3.05) is 32.1 Å². The Morgan fingerprint density at radius 2 is 2.18 bits per heavy atom. The molecule has 22 heavy (non-hydrogen) atoms. The van der Waals surface area contributed by atoms with E-state index in [2.05, 4.69) is 5.32 Å². The third-order valence-electron chi connectivity index (χ3n) is 3.89. The predicted molar refractivity (Wildman–Crippen MR) is 76.7 cm³/mol. The summed E-state index contributed by atoms with van der Waals surface area (Å²) in [5.41, 5.74) is -0.538. The smallest absolute Gasteiger partial charge is 0.367 e. The molecular formula is C15H19F3N2O2. The van der Waals surface area contributed by atoms with E-state index in [1.165, 1.54) is 4.90 Å². The average molecular weight is 316 g/mol. The Kier molecular flexibility index (Phi) is 4.77. The minimum atomic E-state index is -4.44. The van der Waals surface area contributed by atoms with Gasteiger partial charge in [-0.25, -0.2) is 0 Å². The molecule has 1 aliphatic heterocycles. The Morgan fingerprint density at radius 3 is 2.73 bits per heavy atom. The third kappa shape index (κ3) is 3.59. The molecule has 7 heteroatoms. The lowest BCUT2D eigenvalue weighted by molar-refractivity contribution is -0.263. The van der Waals surface area contributed by atoms with Crippen LogP contribution in [0.2, 0.25) is 0 Å². The van der Waals surface area contributed by atoms with E-state index in [4.69, 9.17) is 4.74 Å². The van der Waals surface area contributed by atoms with Gasteiger partial charge in [-0.05, 0) is 31.0 Å². The molecule has 0 saturated carbocycles. The Bertz CT molecular complexity index is 548. The van der Waals surface area contributed by atoms with Crippen LogP contribution in [-0.4, -0.2) is 49.3 Å². The van der Waals surface area contributed by atoms with Crippen molar-refractivity contribution in [3.05, 3.63) is 29.8 Å². The third-order valence-corrected chi connectivity index (χ3v) is 3.89. The summed E-state index contributed by atoms with van der Waals surface area (Å²) in [6.07, 6.45) is -4.60. The van der Waals surface area contributed by atoms with E-state index in [0.717, 1.165) is 12.7 Å². The van der Waals surface area contributed by atoms with E-state index >= 15 is 0 Å². The van der Waals surface area contributed by atoms with Gasteiger partial charge in [-0.15, -0.1) is 0 Å². The molecule has 0 aromatic heterocycles. The number of ether oxygens (including phenoxy) is 1. The molecular weight excluding hydrogens is 297 g/mol. The van der Waals surface area contributed by atoms with Crippen LogP contribution in [-0.2, 0) is 9.53 Å². The zero-order chi connectivity index (χ0) is 16.4. The lowest BCUT2D eigenvalue weighted by Gasteiger charge is -2.30. The molecule has 2 rings (SSSR count). The average Bonchev–Trinajstić information content (AvgIpc) is 2.82. The number of hydrogen-bond donors (Lipinski definition) is 1. The van der Waals surface area contributed by atoms with Gasteiger partial charge in [0, 0.05) is 25.9 Å². The summed E-state index contributed by atoms with van der Waals surface area (Å²) in [6.45, 7) is 1.66. The second-order valence-electron chi connectivity index (χ2n) is 5.57. The van der Waals surface area contributed by atoms with Gasteiger partial charge in [0.25, 0.3) is 0 Å². The predicted octanol–water partition coefficient (Wildman–Crippen LogP) is 2.59. The SMILES string of the molecule is COC1(C(F)(F)F)CCN(CC(=O)Nc2cccc(C)c2)C1. The van der Waals surface area contributed by atoms with E-state index in [0.29, 0.717) is 5.69 Å². The summed E-state index contributed by atoms with van der Waals surface area (Å²) in [5.74, 6) is -0.334. The highest BCUT2D eigenvalue weighted by Gasteiger charge is 2.58. The van der Waals surface area contributed by atoms with Crippen LogP contribution in [0.5, 0.6) is 0 Å². The Labute approximate surface area is 127 Å². The number of rotatable bonds is 4. The monoisotopic (exact) mass is 316 g/mol. The second kappa shape index (κ2) is 6.26. The van der Waals surface area contributed by atoms with Crippen molar-refractivity contribution in [2.45, 2.75) is 25.1 Å². The van der Waals surface area contributed by atoms with Gasteiger partial charge in [-0.3, -0.25) is 9.69 Å². The van der Waals surface area contributed by atoms with Gasteiger partial charge >= 0.3 is 6.18 Å². The highest BCUT2D eigenvalue weighted by Crippen LogP contribution is 2.40. The number of aryl methyl sites for hydroxylation is 1. The molecule has 0 bridgehead atoms. The number of likely N-dealkylation sites (tertiary alicyclic amines) is 1. The summed E-state index contributed by atoms with van der Waals surface area (Å²) < 4.78 is 43.9. The molecule has 0 spiro atoms. The highest BCUT2D eigenvalue weighted by atomic mass is 19.4. The minimum Gasteiger partial charge on any atom is -0.367 e. The quantitative estimate of drug-likeness (QED) is 0.928. The number of carbonyl (C=O) groups excluding carboxylic acids is 1. The number of alkyl halides is 3. The largest absolute Gasteiger partial charge is 0.418 e. The first-order chi connectivity index (χ1) is 10.3. The Hall–Kier alpha value is -1.60. The maximum absolute atomic E-state index is 13.1. The van der Waals surface area contributed by atoms with Crippen LogP contribution in [0.25, 0.3) is 0 Å². The molecule has 1 amide bonds. The summed E-state index contributed by atoms with van der Waals surface area (Å²) in [7, 11) is 1.06. The number of amides is 1. The van der Waals surface area contributed by atoms with Crippen molar-refractivity contribution in [1.82, 2.24) is 4.90 Å². The second-order valence-corrected chi connectivity index (χ2v) is 5.57. The maximum Gasteiger partial charge on any atom is 0.418 e. The molecule has 4 nitrogen and oxygen atoms in total. The molecule has 1 atom stereocenters. The van der Waals surface area contributed by atoms with Crippen molar-refractivity contribution < 1.29 is 22.7 Å². The molecule has 1 aliphatic rings. The Morgan fingerprint density at radius 1 is 1.45 bits per heavy atom. The highest BCUT2D eigenvalue weighted by molar-refractivity contribution is 5.92. The number of nitrogens with one attached hydrogen (secondary N) is 1. The zero-order valence-electron chi connectivity index (χ0n) is 12.5. The number of anilines is 1. The number of nitrogens with zero attached hydrogens (tertiary/aromatic N) is 1. The molecule has 1 N–H and O–H groups in total. The van der Waals surface area contributed by atoms with Crippen molar-refractivity contribution in [3.63, 3.8) is 0 Å².